The van der Waals surface area contributed by atoms with E-state index in [4.69, 9.17) is 33.6 Å². The molecule has 0 atom stereocenters. The summed E-state index contributed by atoms with van der Waals surface area (Å²) in [4.78, 5) is 0. The Morgan fingerprint density at radius 2 is 2.00 bits per heavy atom. The molecule has 0 fully saturated rings. The lowest BCUT2D eigenvalue weighted by molar-refractivity contribution is 0.475. The maximum atomic E-state index is 8.96. The summed E-state index contributed by atoms with van der Waals surface area (Å²) in [5.41, 5.74) is 0.177. The molecule has 1 aromatic carbocycles. The molecular formula is C7H3Cl2NO. The van der Waals surface area contributed by atoms with Crippen LogP contribution in [-0.2, 0) is 0 Å². The fraction of sp³-hybridized carbons (Fsp3) is 0. The van der Waals surface area contributed by atoms with Gasteiger partial charge in [0.25, 0.3) is 0 Å². The van der Waals surface area contributed by atoms with Crippen molar-refractivity contribution < 1.29 is 5.11 Å². The molecule has 1 aromatic rings. The van der Waals surface area contributed by atoms with Gasteiger partial charge >= 0.3 is 0 Å². The van der Waals surface area contributed by atoms with E-state index >= 15 is 0 Å². The number of rotatable bonds is 0. The average molecular weight is 188 g/mol. The summed E-state index contributed by atoms with van der Waals surface area (Å²) in [7, 11) is 0. The van der Waals surface area contributed by atoms with E-state index in [0.717, 1.165) is 0 Å². The van der Waals surface area contributed by atoms with Gasteiger partial charge in [0.05, 0.1) is 15.6 Å². The average Bonchev–Trinajstić information content (AvgIpc) is 1.96. The van der Waals surface area contributed by atoms with Crippen LogP contribution in [0.5, 0.6) is 5.75 Å². The van der Waals surface area contributed by atoms with Gasteiger partial charge < -0.3 is 5.11 Å². The first-order chi connectivity index (χ1) is 5.15. The molecule has 0 heterocycles. The second kappa shape index (κ2) is 3.00. The monoisotopic (exact) mass is 187 g/mol. The van der Waals surface area contributed by atoms with E-state index in [1.54, 1.807) is 6.07 Å². The number of phenols is 1. The predicted molar refractivity (Wildman–Crippen MR) is 42.8 cm³/mol. The molecule has 1 N–H and O–H groups in total. The van der Waals surface area contributed by atoms with Crippen LogP contribution in [0.2, 0.25) is 10.0 Å². The fourth-order valence-electron chi connectivity index (χ4n) is 0.656. The molecule has 0 aliphatic carbocycles. The topological polar surface area (TPSA) is 44.0 Å². The third kappa shape index (κ3) is 1.56. The SMILES string of the molecule is N#Cc1cc(O)cc(Cl)c1Cl. The van der Waals surface area contributed by atoms with Crippen LogP contribution in [0.3, 0.4) is 0 Å². The van der Waals surface area contributed by atoms with Crippen molar-refractivity contribution in [1.82, 2.24) is 0 Å². The van der Waals surface area contributed by atoms with Gasteiger partial charge in [-0.1, -0.05) is 23.2 Å². The molecule has 0 amide bonds. The van der Waals surface area contributed by atoms with Crippen LogP contribution in [0.4, 0.5) is 0 Å². The Bertz CT molecular complexity index is 330. The normalized spacial score (nSPS) is 9.18. The van der Waals surface area contributed by atoms with Crippen LogP contribution in [0, 0.1) is 11.3 Å². The highest BCUT2D eigenvalue weighted by atomic mass is 35.5. The lowest BCUT2D eigenvalue weighted by Gasteiger charge is -1.98. The first-order valence-corrected chi connectivity index (χ1v) is 3.49. The highest BCUT2D eigenvalue weighted by Gasteiger charge is 2.05. The van der Waals surface area contributed by atoms with Gasteiger partial charge in [0, 0.05) is 6.07 Å². The van der Waals surface area contributed by atoms with Crippen LogP contribution in [-0.4, -0.2) is 5.11 Å². The fourth-order valence-corrected chi connectivity index (χ4v) is 1.02. The summed E-state index contributed by atoms with van der Waals surface area (Å²) in [6, 6.07) is 4.34. The first kappa shape index (κ1) is 8.19. The van der Waals surface area contributed by atoms with E-state index < -0.39 is 0 Å². The maximum Gasteiger partial charge on any atom is 0.118 e. The van der Waals surface area contributed by atoms with Crippen molar-refractivity contribution in [2.24, 2.45) is 0 Å². The highest BCUT2D eigenvalue weighted by Crippen LogP contribution is 2.29. The van der Waals surface area contributed by atoms with Crippen LogP contribution < -0.4 is 0 Å². The smallest absolute Gasteiger partial charge is 0.118 e. The van der Waals surface area contributed by atoms with E-state index in [-0.39, 0.29) is 21.4 Å². The van der Waals surface area contributed by atoms with E-state index in [0.29, 0.717) is 0 Å². The number of benzene rings is 1. The molecule has 0 bridgehead atoms. The van der Waals surface area contributed by atoms with Crippen LogP contribution in [0.25, 0.3) is 0 Å². The van der Waals surface area contributed by atoms with Crippen molar-refractivity contribution in [3.05, 3.63) is 27.7 Å². The highest BCUT2D eigenvalue weighted by molar-refractivity contribution is 6.42. The molecule has 0 unspecified atom stereocenters. The molecule has 2 nitrogen and oxygen atoms in total. The van der Waals surface area contributed by atoms with E-state index in [1.807, 2.05) is 0 Å². The second-order valence-corrected chi connectivity index (χ2v) is 2.69. The van der Waals surface area contributed by atoms with Gasteiger partial charge in [-0.2, -0.15) is 5.26 Å². The lowest BCUT2D eigenvalue weighted by atomic mass is 10.2. The molecule has 0 aliphatic heterocycles. The van der Waals surface area contributed by atoms with E-state index in [9.17, 15) is 0 Å². The zero-order valence-corrected chi connectivity index (χ0v) is 6.82. The van der Waals surface area contributed by atoms with Gasteiger partial charge in [0.15, 0.2) is 0 Å². The molecule has 0 aromatic heterocycles. The first-order valence-electron chi connectivity index (χ1n) is 2.73. The Balaban J connectivity index is 3.39. The maximum absolute atomic E-state index is 8.96. The predicted octanol–water partition coefficient (Wildman–Crippen LogP) is 2.57. The Kier molecular flexibility index (Phi) is 2.23. The van der Waals surface area contributed by atoms with Crippen LogP contribution in [0.15, 0.2) is 12.1 Å². The molecule has 11 heavy (non-hydrogen) atoms. The molecule has 0 saturated heterocycles. The largest absolute Gasteiger partial charge is 0.508 e. The minimum Gasteiger partial charge on any atom is -0.508 e. The van der Waals surface area contributed by atoms with Gasteiger partial charge in [-0.3, -0.25) is 0 Å². The van der Waals surface area contributed by atoms with Crippen molar-refractivity contribution >= 4 is 23.2 Å². The molecule has 0 saturated carbocycles. The molecule has 56 valence electrons. The van der Waals surface area contributed by atoms with Crippen molar-refractivity contribution in [1.29, 1.82) is 5.26 Å². The van der Waals surface area contributed by atoms with E-state index in [2.05, 4.69) is 0 Å². The number of phenolic OH excluding ortho intramolecular Hbond substituents is 1. The molecule has 4 heteroatoms. The van der Waals surface area contributed by atoms with Crippen molar-refractivity contribution in [2.45, 2.75) is 0 Å². The Morgan fingerprint density at radius 1 is 1.36 bits per heavy atom. The Morgan fingerprint density at radius 3 is 2.55 bits per heavy atom. The van der Waals surface area contributed by atoms with Crippen LogP contribution in [0.1, 0.15) is 5.56 Å². The quantitative estimate of drug-likeness (QED) is 0.679. The third-order valence-electron chi connectivity index (χ3n) is 1.13. The standard InChI is InChI=1S/C7H3Cl2NO/c8-6-2-5(11)1-4(3-10)7(6)9/h1-2,11H. The minimum atomic E-state index is -0.0593. The Labute approximate surface area is 73.6 Å². The van der Waals surface area contributed by atoms with Crippen molar-refractivity contribution in [3.8, 4) is 11.8 Å². The Hall–Kier alpha value is -0.910. The second-order valence-electron chi connectivity index (χ2n) is 1.90. The zero-order chi connectivity index (χ0) is 8.43. The van der Waals surface area contributed by atoms with Gasteiger partial charge in [-0.05, 0) is 6.07 Å². The number of hydrogen-bond acceptors (Lipinski definition) is 2. The number of halogens is 2. The summed E-state index contributed by atoms with van der Waals surface area (Å²) in [6.07, 6.45) is 0. The zero-order valence-electron chi connectivity index (χ0n) is 5.31. The van der Waals surface area contributed by atoms with Gasteiger partial charge in [0.2, 0.25) is 0 Å². The molecule has 1 rings (SSSR count). The number of aromatic hydroxyl groups is 1. The lowest BCUT2D eigenvalue weighted by Crippen LogP contribution is -1.77. The molecule has 0 radical (unpaired) electrons. The molecule has 0 aliphatic rings. The van der Waals surface area contributed by atoms with Crippen LogP contribution >= 0.6 is 23.2 Å². The van der Waals surface area contributed by atoms with Crippen molar-refractivity contribution in [2.75, 3.05) is 0 Å². The number of nitriles is 1. The van der Waals surface area contributed by atoms with Gasteiger partial charge in [0.1, 0.15) is 11.8 Å². The van der Waals surface area contributed by atoms with Crippen molar-refractivity contribution in [3.63, 3.8) is 0 Å². The molecule has 0 spiro atoms. The summed E-state index contributed by atoms with van der Waals surface area (Å²) in [6.45, 7) is 0. The number of hydrogen-bond donors (Lipinski definition) is 1. The molecular weight excluding hydrogens is 185 g/mol. The van der Waals surface area contributed by atoms with E-state index in [1.165, 1.54) is 12.1 Å². The van der Waals surface area contributed by atoms with Gasteiger partial charge in [-0.25, -0.2) is 0 Å². The summed E-state index contributed by atoms with van der Waals surface area (Å²) >= 11 is 11.2. The third-order valence-corrected chi connectivity index (χ3v) is 1.94. The van der Waals surface area contributed by atoms with Gasteiger partial charge in [-0.15, -0.1) is 0 Å². The summed E-state index contributed by atoms with van der Waals surface area (Å²) in [5.74, 6) is -0.0593. The summed E-state index contributed by atoms with van der Waals surface area (Å²) in [5, 5.41) is 17.8. The number of nitrogens with zero attached hydrogens (tertiary/aromatic N) is 1. The minimum absolute atomic E-state index is 0.0593. The summed E-state index contributed by atoms with van der Waals surface area (Å²) < 4.78 is 0.